The number of fused-ring (bicyclic) bond motifs is 1. The van der Waals surface area contributed by atoms with Gasteiger partial charge in [-0.25, -0.2) is 18.5 Å². The van der Waals surface area contributed by atoms with Crippen LogP contribution in [-0.4, -0.2) is 19.7 Å². The number of rotatable bonds is 2. The maximum absolute atomic E-state index is 11.2. The minimum absolute atomic E-state index is 0.0891. The molecule has 2 N–H and O–H groups in total. The molecule has 5 nitrogen and oxygen atoms in total. The van der Waals surface area contributed by atoms with E-state index in [-0.39, 0.29) is 9.92 Å². The van der Waals surface area contributed by atoms with Crippen LogP contribution in [0.5, 0.6) is 0 Å². The monoisotopic (exact) mass is 278 g/mol. The Morgan fingerprint density at radius 2 is 2.19 bits per heavy atom. The second kappa shape index (κ2) is 3.92. The summed E-state index contributed by atoms with van der Waals surface area (Å²) in [5, 5.41) is 5.62. The van der Waals surface area contributed by atoms with Gasteiger partial charge >= 0.3 is 0 Å². The summed E-state index contributed by atoms with van der Waals surface area (Å²) in [6, 6.07) is 2.56. The molecule has 0 atom stereocenters. The summed E-state index contributed by atoms with van der Waals surface area (Å²) in [4.78, 5) is 3.99. The third-order valence-corrected chi connectivity index (χ3v) is 3.61. The van der Waals surface area contributed by atoms with E-state index in [1.165, 1.54) is 23.9 Å². The summed E-state index contributed by atoms with van der Waals surface area (Å²) in [5.41, 5.74) is 0.735. The highest BCUT2D eigenvalue weighted by atomic mass is 35.5. The van der Waals surface area contributed by atoms with Crippen LogP contribution in [0, 0.1) is 0 Å². The van der Waals surface area contributed by atoms with Crippen molar-refractivity contribution in [2.24, 2.45) is 5.14 Å². The van der Waals surface area contributed by atoms with Crippen LogP contribution in [0.2, 0.25) is 5.02 Å². The number of nitrogens with two attached hydrogens (primary N) is 1. The van der Waals surface area contributed by atoms with E-state index in [2.05, 4.69) is 4.98 Å². The second-order valence-corrected chi connectivity index (χ2v) is 5.71. The molecule has 0 fully saturated rings. The Balaban J connectivity index is 2.76. The van der Waals surface area contributed by atoms with Crippen LogP contribution in [0.15, 0.2) is 26.7 Å². The molecule has 1 heterocycles. The Bertz CT molecular complexity index is 651. The van der Waals surface area contributed by atoms with Gasteiger partial charge < -0.3 is 4.42 Å². The van der Waals surface area contributed by atoms with Gasteiger partial charge in [0.2, 0.25) is 10.0 Å². The Hall–Kier alpha value is -0.760. The zero-order valence-corrected chi connectivity index (χ0v) is 10.5. The van der Waals surface area contributed by atoms with Crippen LogP contribution in [0.1, 0.15) is 0 Å². The van der Waals surface area contributed by atoms with Crippen molar-refractivity contribution in [3.63, 3.8) is 0 Å². The van der Waals surface area contributed by atoms with Gasteiger partial charge in [-0.15, -0.1) is 0 Å². The number of hydrogen-bond acceptors (Lipinski definition) is 5. The van der Waals surface area contributed by atoms with Gasteiger partial charge in [0.1, 0.15) is 5.52 Å². The first kappa shape index (κ1) is 11.7. The molecular weight excluding hydrogens is 272 g/mol. The van der Waals surface area contributed by atoms with E-state index in [9.17, 15) is 8.42 Å². The normalized spacial score (nSPS) is 12.2. The van der Waals surface area contributed by atoms with E-state index in [0.717, 1.165) is 0 Å². The molecule has 0 unspecified atom stereocenters. The topological polar surface area (TPSA) is 86.2 Å². The molecule has 8 heteroatoms. The summed E-state index contributed by atoms with van der Waals surface area (Å²) < 4.78 is 27.6. The molecule has 2 aromatic rings. The van der Waals surface area contributed by atoms with E-state index in [1.807, 2.05) is 0 Å². The number of oxazole rings is 1. The van der Waals surface area contributed by atoms with Crippen molar-refractivity contribution in [3.05, 3.63) is 17.2 Å². The first-order chi connectivity index (χ1) is 7.41. The number of nitrogens with zero attached hydrogens (tertiary/aromatic N) is 1. The molecule has 0 aliphatic heterocycles. The first-order valence-corrected chi connectivity index (χ1v) is 7.23. The molecule has 1 aromatic carbocycles. The fourth-order valence-corrected chi connectivity index (χ4v) is 2.42. The van der Waals surface area contributed by atoms with E-state index in [1.54, 1.807) is 6.26 Å². The molecule has 2 rings (SSSR count). The highest BCUT2D eigenvalue weighted by Gasteiger charge is 2.15. The van der Waals surface area contributed by atoms with Crippen molar-refractivity contribution in [2.75, 3.05) is 6.26 Å². The molecule has 1 aromatic heterocycles. The van der Waals surface area contributed by atoms with E-state index in [0.29, 0.717) is 16.3 Å². The molecule has 0 aliphatic carbocycles. The largest absolute Gasteiger partial charge is 0.431 e. The number of halogens is 1. The maximum Gasteiger partial charge on any atom is 0.256 e. The Kier molecular flexibility index (Phi) is 2.87. The van der Waals surface area contributed by atoms with Crippen molar-refractivity contribution in [2.45, 2.75) is 10.1 Å². The Morgan fingerprint density at radius 3 is 2.75 bits per heavy atom. The molecule has 86 valence electrons. The van der Waals surface area contributed by atoms with Gasteiger partial charge in [0, 0.05) is 6.07 Å². The standard InChI is InChI=1S/C8H7ClN2O3S2/c1-15-8-11-7-5(9)2-4(16(10,12)13)3-6(7)14-8/h2-3H,1H3,(H2,10,12,13). The summed E-state index contributed by atoms with van der Waals surface area (Å²) in [6.07, 6.45) is 1.79. The molecular formula is C8H7ClN2O3S2. The Morgan fingerprint density at radius 1 is 1.50 bits per heavy atom. The van der Waals surface area contributed by atoms with E-state index < -0.39 is 10.0 Å². The lowest BCUT2D eigenvalue weighted by atomic mass is 10.3. The quantitative estimate of drug-likeness (QED) is 0.847. The number of sulfonamides is 1. The molecule has 16 heavy (non-hydrogen) atoms. The summed E-state index contributed by atoms with van der Waals surface area (Å²) >= 11 is 7.19. The molecule has 0 radical (unpaired) electrons. The van der Waals surface area contributed by atoms with Gasteiger partial charge in [0.15, 0.2) is 5.58 Å². The van der Waals surface area contributed by atoms with Crippen LogP contribution in [-0.2, 0) is 10.0 Å². The highest BCUT2D eigenvalue weighted by molar-refractivity contribution is 7.98. The SMILES string of the molecule is CSc1nc2c(Cl)cc(S(N)(=O)=O)cc2o1. The van der Waals surface area contributed by atoms with E-state index in [4.69, 9.17) is 21.2 Å². The number of benzene rings is 1. The molecule has 0 saturated carbocycles. The van der Waals surface area contributed by atoms with Crippen LogP contribution in [0.25, 0.3) is 11.1 Å². The fraction of sp³-hybridized carbons (Fsp3) is 0.125. The number of primary sulfonamides is 1. The van der Waals surface area contributed by atoms with Gasteiger partial charge in [0.25, 0.3) is 5.22 Å². The van der Waals surface area contributed by atoms with Gasteiger partial charge in [-0.3, -0.25) is 0 Å². The van der Waals surface area contributed by atoms with Crippen molar-refractivity contribution < 1.29 is 12.8 Å². The van der Waals surface area contributed by atoms with Crippen LogP contribution >= 0.6 is 23.4 Å². The predicted octanol–water partition coefficient (Wildman–Crippen LogP) is 1.85. The maximum atomic E-state index is 11.2. The highest BCUT2D eigenvalue weighted by Crippen LogP contribution is 2.29. The van der Waals surface area contributed by atoms with Gasteiger partial charge in [0.05, 0.1) is 9.92 Å². The second-order valence-electron chi connectivity index (χ2n) is 2.98. The smallest absolute Gasteiger partial charge is 0.256 e. The van der Waals surface area contributed by atoms with Crippen molar-refractivity contribution in [1.29, 1.82) is 0 Å². The van der Waals surface area contributed by atoms with Crippen LogP contribution < -0.4 is 5.14 Å². The first-order valence-electron chi connectivity index (χ1n) is 4.08. The van der Waals surface area contributed by atoms with Crippen LogP contribution in [0.3, 0.4) is 0 Å². The minimum Gasteiger partial charge on any atom is -0.431 e. The average Bonchev–Trinajstić information content (AvgIpc) is 2.59. The summed E-state index contributed by atoms with van der Waals surface area (Å²) in [5.74, 6) is 0. The average molecular weight is 279 g/mol. The number of thioether (sulfide) groups is 1. The summed E-state index contributed by atoms with van der Waals surface area (Å²) in [7, 11) is -3.79. The predicted molar refractivity (Wildman–Crippen MR) is 62.2 cm³/mol. The number of aromatic nitrogens is 1. The third-order valence-electron chi connectivity index (χ3n) is 1.91. The Labute approximate surface area is 101 Å². The van der Waals surface area contributed by atoms with E-state index >= 15 is 0 Å². The lowest BCUT2D eigenvalue weighted by Crippen LogP contribution is -2.11. The fourth-order valence-electron chi connectivity index (χ4n) is 1.20. The number of hydrogen-bond donors (Lipinski definition) is 1. The van der Waals surface area contributed by atoms with Gasteiger partial charge in [-0.1, -0.05) is 23.4 Å². The zero-order valence-electron chi connectivity index (χ0n) is 8.10. The molecule has 0 bridgehead atoms. The van der Waals surface area contributed by atoms with Crippen molar-refractivity contribution in [1.82, 2.24) is 4.98 Å². The third kappa shape index (κ3) is 2.03. The zero-order chi connectivity index (χ0) is 11.9. The van der Waals surface area contributed by atoms with Gasteiger partial charge in [-0.05, 0) is 12.3 Å². The molecule has 0 saturated heterocycles. The van der Waals surface area contributed by atoms with Crippen LogP contribution in [0.4, 0.5) is 0 Å². The van der Waals surface area contributed by atoms with Crippen molar-refractivity contribution in [3.8, 4) is 0 Å². The minimum atomic E-state index is -3.79. The molecule has 0 spiro atoms. The lowest BCUT2D eigenvalue weighted by molar-refractivity contribution is 0.489. The molecule has 0 aliphatic rings. The lowest BCUT2D eigenvalue weighted by Gasteiger charge is -1.98. The van der Waals surface area contributed by atoms with Gasteiger partial charge in [-0.2, -0.15) is 0 Å². The van der Waals surface area contributed by atoms with Crippen molar-refractivity contribution >= 4 is 44.5 Å². The molecule has 0 amide bonds. The summed E-state index contributed by atoms with van der Waals surface area (Å²) in [6.45, 7) is 0.